The van der Waals surface area contributed by atoms with E-state index in [2.05, 4.69) is 20.8 Å². The molecule has 1 fully saturated rings. The fraction of sp³-hybridized carbons (Fsp3) is 1.00. The van der Waals surface area contributed by atoms with Gasteiger partial charge in [0.1, 0.15) is 0 Å². The summed E-state index contributed by atoms with van der Waals surface area (Å²) in [5.74, 6) is 1.54. The molecule has 19 heavy (non-hydrogen) atoms. The molecule has 1 aliphatic rings. The third kappa shape index (κ3) is 5.85. The second-order valence-electron chi connectivity index (χ2n) is 7.12. The van der Waals surface area contributed by atoms with Gasteiger partial charge in [0.05, 0.1) is 0 Å². The molecule has 0 aromatic heterocycles. The lowest BCUT2D eigenvalue weighted by atomic mass is 9.67. The van der Waals surface area contributed by atoms with E-state index in [1.165, 1.54) is 77.0 Å². The first kappa shape index (κ1) is 17.0. The van der Waals surface area contributed by atoms with Crippen molar-refractivity contribution in [3.05, 3.63) is 0 Å². The standard InChI is InChI=1S/C18H37N/c1-4-5-6-7-8-9-10-11-14-18(19)15-12-13-16(2)17(18)3/h16-17H,4-15,19H2,1-3H3. The molecule has 0 saturated heterocycles. The largest absolute Gasteiger partial charge is 0.325 e. The van der Waals surface area contributed by atoms with Crippen LogP contribution in [0.15, 0.2) is 0 Å². The van der Waals surface area contributed by atoms with Gasteiger partial charge in [-0.3, -0.25) is 0 Å². The average molecular weight is 268 g/mol. The molecule has 1 nitrogen and oxygen atoms in total. The Morgan fingerprint density at radius 3 is 2.16 bits per heavy atom. The predicted octanol–water partition coefficient (Wildman–Crippen LogP) is 5.67. The second-order valence-corrected chi connectivity index (χ2v) is 7.12. The van der Waals surface area contributed by atoms with Gasteiger partial charge in [-0.2, -0.15) is 0 Å². The van der Waals surface area contributed by atoms with Crippen LogP contribution in [0.2, 0.25) is 0 Å². The molecule has 0 bridgehead atoms. The van der Waals surface area contributed by atoms with Gasteiger partial charge in [0.2, 0.25) is 0 Å². The first-order valence-electron chi connectivity index (χ1n) is 8.89. The summed E-state index contributed by atoms with van der Waals surface area (Å²) < 4.78 is 0. The Hall–Kier alpha value is -0.0400. The lowest BCUT2D eigenvalue weighted by Gasteiger charge is -2.43. The van der Waals surface area contributed by atoms with E-state index in [0.717, 1.165) is 5.92 Å². The fourth-order valence-corrected chi connectivity index (χ4v) is 3.74. The molecule has 1 heteroatoms. The minimum absolute atomic E-state index is 0.153. The van der Waals surface area contributed by atoms with Crippen LogP contribution in [-0.4, -0.2) is 5.54 Å². The SMILES string of the molecule is CCCCCCCCCCC1(N)CCCC(C)C1C. The van der Waals surface area contributed by atoms with E-state index in [1.54, 1.807) is 0 Å². The van der Waals surface area contributed by atoms with Gasteiger partial charge in [0, 0.05) is 5.54 Å². The van der Waals surface area contributed by atoms with E-state index in [1.807, 2.05) is 0 Å². The molecule has 0 aliphatic heterocycles. The van der Waals surface area contributed by atoms with Crippen molar-refractivity contribution in [1.82, 2.24) is 0 Å². The highest BCUT2D eigenvalue weighted by Gasteiger charge is 2.37. The lowest BCUT2D eigenvalue weighted by Crippen LogP contribution is -2.50. The van der Waals surface area contributed by atoms with E-state index >= 15 is 0 Å². The zero-order valence-corrected chi connectivity index (χ0v) is 13.7. The highest BCUT2D eigenvalue weighted by Crippen LogP contribution is 2.38. The summed E-state index contributed by atoms with van der Waals surface area (Å²) >= 11 is 0. The Bertz CT molecular complexity index is 226. The van der Waals surface area contributed by atoms with Crippen LogP contribution < -0.4 is 5.73 Å². The summed E-state index contributed by atoms with van der Waals surface area (Å²) in [5, 5.41) is 0. The van der Waals surface area contributed by atoms with Crippen molar-refractivity contribution in [3.63, 3.8) is 0 Å². The van der Waals surface area contributed by atoms with Crippen molar-refractivity contribution < 1.29 is 0 Å². The molecular formula is C18H37N. The van der Waals surface area contributed by atoms with Crippen LogP contribution in [0.4, 0.5) is 0 Å². The number of unbranched alkanes of at least 4 members (excludes halogenated alkanes) is 7. The molecular weight excluding hydrogens is 230 g/mol. The van der Waals surface area contributed by atoms with Crippen molar-refractivity contribution >= 4 is 0 Å². The molecule has 0 aromatic rings. The first-order chi connectivity index (χ1) is 9.10. The summed E-state index contributed by atoms with van der Waals surface area (Å²) in [7, 11) is 0. The Kier molecular flexibility index (Phi) is 8.06. The molecule has 1 rings (SSSR count). The van der Waals surface area contributed by atoms with E-state index in [4.69, 9.17) is 5.73 Å². The van der Waals surface area contributed by atoms with Crippen LogP contribution >= 0.6 is 0 Å². The molecule has 0 radical (unpaired) electrons. The lowest BCUT2D eigenvalue weighted by molar-refractivity contribution is 0.131. The molecule has 114 valence electrons. The fourth-order valence-electron chi connectivity index (χ4n) is 3.74. The minimum Gasteiger partial charge on any atom is -0.325 e. The van der Waals surface area contributed by atoms with Crippen molar-refractivity contribution in [3.8, 4) is 0 Å². The summed E-state index contributed by atoms with van der Waals surface area (Å²) in [4.78, 5) is 0. The summed E-state index contributed by atoms with van der Waals surface area (Å²) in [6, 6.07) is 0. The van der Waals surface area contributed by atoms with E-state index < -0.39 is 0 Å². The third-order valence-electron chi connectivity index (χ3n) is 5.56. The van der Waals surface area contributed by atoms with Gasteiger partial charge in [-0.25, -0.2) is 0 Å². The smallest absolute Gasteiger partial charge is 0.0182 e. The minimum atomic E-state index is 0.153. The molecule has 0 amide bonds. The van der Waals surface area contributed by atoms with E-state index in [-0.39, 0.29) is 5.54 Å². The second kappa shape index (κ2) is 9.00. The van der Waals surface area contributed by atoms with Crippen molar-refractivity contribution in [2.75, 3.05) is 0 Å². The topological polar surface area (TPSA) is 26.0 Å². The maximum absolute atomic E-state index is 6.67. The number of rotatable bonds is 9. The first-order valence-corrected chi connectivity index (χ1v) is 8.89. The highest BCUT2D eigenvalue weighted by molar-refractivity contribution is 4.94. The third-order valence-corrected chi connectivity index (χ3v) is 5.56. The van der Waals surface area contributed by atoms with Crippen LogP contribution in [0.1, 0.15) is 97.8 Å². The normalized spacial score (nSPS) is 31.6. The average Bonchev–Trinajstić information content (AvgIpc) is 2.39. The van der Waals surface area contributed by atoms with Gasteiger partial charge >= 0.3 is 0 Å². The molecule has 1 saturated carbocycles. The summed E-state index contributed by atoms with van der Waals surface area (Å²) in [5.41, 5.74) is 6.83. The number of hydrogen-bond donors (Lipinski definition) is 1. The van der Waals surface area contributed by atoms with Crippen LogP contribution in [-0.2, 0) is 0 Å². The van der Waals surface area contributed by atoms with Gasteiger partial charge in [0.15, 0.2) is 0 Å². The molecule has 1 aliphatic carbocycles. The van der Waals surface area contributed by atoms with E-state index in [0.29, 0.717) is 5.92 Å². The van der Waals surface area contributed by atoms with Crippen molar-refractivity contribution in [2.45, 2.75) is 103 Å². The Labute approximate surface area is 121 Å². The van der Waals surface area contributed by atoms with Gasteiger partial charge in [0.25, 0.3) is 0 Å². The molecule has 2 N–H and O–H groups in total. The predicted molar refractivity (Wildman–Crippen MR) is 86.3 cm³/mol. The van der Waals surface area contributed by atoms with Crippen LogP contribution in [0.25, 0.3) is 0 Å². The molecule has 0 spiro atoms. The van der Waals surface area contributed by atoms with Gasteiger partial charge in [-0.15, -0.1) is 0 Å². The Balaban J connectivity index is 2.07. The van der Waals surface area contributed by atoms with Gasteiger partial charge < -0.3 is 5.73 Å². The zero-order chi connectivity index (χ0) is 14.1. The van der Waals surface area contributed by atoms with Crippen LogP contribution in [0, 0.1) is 11.8 Å². The Morgan fingerprint density at radius 1 is 0.947 bits per heavy atom. The zero-order valence-electron chi connectivity index (χ0n) is 13.7. The van der Waals surface area contributed by atoms with Crippen molar-refractivity contribution in [2.24, 2.45) is 17.6 Å². The van der Waals surface area contributed by atoms with Gasteiger partial charge in [-0.05, 0) is 24.7 Å². The Morgan fingerprint density at radius 2 is 1.53 bits per heavy atom. The maximum Gasteiger partial charge on any atom is 0.0182 e. The van der Waals surface area contributed by atoms with E-state index in [9.17, 15) is 0 Å². The van der Waals surface area contributed by atoms with Gasteiger partial charge in [-0.1, -0.05) is 85.0 Å². The number of hydrogen-bond acceptors (Lipinski definition) is 1. The number of nitrogens with two attached hydrogens (primary N) is 1. The summed E-state index contributed by atoms with van der Waals surface area (Å²) in [6.07, 6.45) is 16.5. The quantitative estimate of drug-likeness (QED) is 0.535. The highest BCUT2D eigenvalue weighted by atomic mass is 14.8. The van der Waals surface area contributed by atoms with Crippen LogP contribution in [0.3, 0.4) is 0 Å². The summed E-state index contributed by atoms with van der Waals surface area (Å²) in [6.45, 7) is 7.06. The monoisotopic (exact) mass is 267 g/mol. The molecule has 3 unspecified atom stereocenters. The van der Waals surface area contributed by atoms with Crippen LogP contribution in [0.5, 0.6) is 0 Å². The molecule has 0 aromatic carbocycles. The van der Waals surface area contributed by atoms with Crippen molar-refractivity contribution in [1.29, 1.82) is 0 Å². The molecule has 0 heterocycles. The maximum atomic E-state index is 6.67. The molecule has 3 atom stereocenters.